The van der Waals surface area contributed by atoms with Gasteiger partial charge in [-0.3, -0.25) is 5.32 Å². The number of urea groups is 1. The molecule has 0 saturated carbocycles. The summed E-state index contributed by atoms with van der Waals surface area (Å²) < 4.78 is 42.5. The number of nitrogens with one attached hydrogen (secondary N) is 3. The highest BCUT2D eigenvalue weighted by Gasteiger charge is 2.31. The van der Waals surface area contributed by atoms with Crippen molar-refractivity contribution in [2.45, 2.75) is 33.1 Å². The van der Waals surface area contributed by atoms with Gasteiger partial charge < -0.3 is 15.4 Å². The van der Waals surface area contributed by atoms with E-state index in [1.165, 1.54) is 35.3 Å². The molecule has 0 saturated heterocycles. The van der Waals surface area contributed by atoms with Crippen LogP contribution < -0.4 is 20.7 Å². The Balaban J connectivity index is 1.38. The Morgan fingerprint density at radius 2 is 1.72 bits per heavy atom. The Hall–Kier alpha value is -4.45. The molecule has 0 aliphatic rings. The fourth-order valence-corrected chi connectivity index (χ4v) is 3.99. The van der Waals surface area contributed by atoms with Crippen LogP contribution in [0.5, 0.6) is 5.75 Å². The Morgan fingerprint density at radius 1 is 1.00 bits per heavy atom. The van der Waals surface area contributed by atoms with E-state index in [-0.39, 0.29) is 16.8 Å². The summed E-state index contributed by atoms with van der Waals surface area (Å²) in [6.45, 7) is 5.97. The van der Waals surface area contributed by atoms with Crippen LogP contribution in [0.2, 0.25) is 0 Å². The SMILES string of the molecule is Cc1cc(-c2ncn(-c3ccc(OC(F)(F)F)cc3)n2)ccc1NC(=O)NC(=S)Nc1ccccc1C(C)C. The van der Waals surface area contributed by atoms with Gasteiger partial charge in [-0.1, -0.05) is 32.0 Å². The second-order valence-electron chi connectivity index (χ2n) is 8.86. The highest BCUT2D eigenvalue weighted by Crippen LogP contribution is 2.26. The van der Waals surface area contributed by atoms with Gasteiger partial charge in [0, 0.05) is 16.9 Å². The van der Waals surface area contributed by atoms with E-state index in [0.29, 0.717) is 22.8 Å². The highest BCUT2D eigenvalue weighted by molar-refractivity contribution is 7.80. The third-order valence-corrected chi connectivity index (χ3v) is 5.82. The average molecular weight is 555 g/mol. The van der Waals surface area contributed by atoms with Gasteiger partial charge in [-0.25, -0.2) is 14.5 Å². The van der Waals surface area contributed by atoms with Gasteiger partial charge in [0.15, 0.2) is 10.9 Å². The first-order valence-corrected chi connectivity index (χ1v) is 12.3. The predicted octanol–water partition coefficient (Wildman–Crippen LogP) is 6.78. The molecule has 0 radical (unpaired) electrons. The summed E-state index contributed by atoms with van der Waals surface area (Å²) in [5.41, 5.74) is 4.44. The summed E-state index contributed by atoms with van der Waals surface area (Å²) in [5.74, 6) is 0.357. The molecular formula is C27H25F3N6O2S. The molecule has 0 aliphatic carbocycles. The van der Waals surface area contributed by atoms with E-state index in [1.807, 2.05) is 37.3 Å². The van der Waals surface area contributed by atoms with Crippen LogP contribution in [-0.4, -0.2) is 32.3 Å². The van der Waals surface area contributed by atoms with Gasteiger partial charge in [0.2, 0.25) is 0 Å². The lowest BCUT2D eigenvalue weighted by atomic mass is 10.0. The second-order valence-corrected chi connectivity index (χ2v) is 9.27. The van der Waals surface area contributed by atoms with Crippen molar-refractivity contribution in [2.75, 3.05) is 10.6 Å². The van der Waals surface area contributed by atoms with Crippen molar-refractivity contribution in [1.82, 2.24) is 20.1 Å². The number of hydrogen-bond acceptors (Lipinski definition) is 5. The van der Waals surface area contributed by atoms with Crippen molar-refractivity contribution in [3.05, 3.63) is 84.2 Å². The summed E-state index contributed by atoms with van der Waals surface area (Å²) in [5, 5.41) is 13.0. The van der Waals surface area contributed by atoms with Crippen molar-refractivity contribution >= 4 is 34.7 Å². The molecule has 0 unspecified atom stereocenters. The van der Waals surface area contributed by atoms with Gasteiger partial charge in [0.25, 0.3) is 0 Å². The summed E-state index contributed by atoms with van der Waals surface area (Å²) in [7, 11) is 0. The number of para-hydroxylation sites is 1. The minimum Gasteiger partial charge on any atom is -0.406 e. The standard InChI is InChI=1S/C27H25F3N6O2S/c1-16(2)21-6-4-5-7-23(21)33-26(39)34-25(37)32-22-13-8-18(14-17(22)3)24-31-15-36(35-24)19-9-11-20(12-10-19)38-27(28,29)30/h4-16H,1-3H3,(H3,32,33,34,37,39). The number of carbonyl (C=O) groups is 1. The number of benzene rings is 3. The molecule has 0 atom stereocenters. The molecular weight excluding hydrogens is 529 g/mol. The molecule has 4 aromatic rings. The third kappa shape index (κ3) is 7.32. The van der Waals surface area contributed by atoms with Crippen LogP contribution in [0, 0.1) is 6.92 Å². The minimum atomic E-state index is -4.76. The number of aryl methyl sites for hydroxylation is 1. The Kier molecular flexibility index (Phi) is 8.15. The number of carbonyl (C=O) groups excluding carboxylic acids is 1. The zero-order valence-electron chi connectivity index (χ0n) is 21.2. The van der Waals surface area contributed by atoms with E-state index < -0.39 is 12.4 Å². The quantitative estimate of drug-likeness (QED) is 0.228. The van der Waals surface area contributed by atoms with E-state index in [2.05, 4.69) is 44.6 Å². The lowest BCUT2D eigenvalue weighted by molar-refractivity contribution is -0.274. The van der Waals surface area contributed by atoms with E-state index in [0.717, 1.165) is 16.8 Å². The maximum absolute atomic E-state index is 12.6. The van der Waals surface area contributed by atoms with Gasteiger partial charge in [-0.05, 0) is 84.7 Å². The topological polar surface area (TPSA) is 93.1 Å². The minimum absolute atomic E-state index is 0.169. The monoisotopic (exact) mass is 554 g/mol. The number of thiocarbonyl (C=S) groups is 1. The van der Waals surface area contributed by atoms with Crippen molar-refractivity contribution < 1.29 is 22.7 Å². The van der Waals surface area contributed by atoms with Gasteiger partial charge >= 0.3 is 12.4 Å². The van der Waals surface area contributed by atoms with E-state index in [9.17, 15) is 18.0 Å². The molecule has 0 bridgehead atoms. The first-order valence-electron chi connectivity index (χ1n) is 11.9. The van der Waals surface area contributed by atoms with Crippen LogP contribution >= 0.6 is 12.2 Å². The maximum atomic E-state index is 12.6. The molecule has 12 heteroatoms. The molecule has 1 aromatic heterocycles. The summed E-state index contributed by atoms with van der Waals surface area (Å²) in [6, 6.07) is 17.8. The van der Waals surface area contributed by atoms with Gasteiger partial charge in [0.05, 0.1) is 5.69 Å². The molecule has 4 rings (SSSR count). The molecule has 3 N–H and O–H groups in total. The molecule has 0 fully saturated rings. The number of halogens is 3. The van der Waals surface area contributed by atoms with Crippen molar-refractivity contribution in [3.8, 4) is 22.8 Å². The number of alkyl halides is 3. The Bertz CT molecular complexity index is 1490. The zero-order valence-corrected chi connectivity index (χ0v) is 22.0. The molecule has 1 heterocycles. The molecule has 0 aliphatic heterocycles. The number of ether oxygens (including phenoxy) is 1. The van der Waals surface area contributed by atoms with E-state index in [1.54, 1.807) is 12.1 Å². The van der Waals surface area contributed by atoms with Gasteiger partial charge in [-0.2, -0.15) is 0 Å². The predicted molar refractivity (Wildman–Crippen MR) is 147 cm³/mol. The lowest BCUT2D eigenvalue weighted by Crippen LogP contribution is -2.37. The number of rotatable bonds is 6. The lowest BCUT2D eigenvalue weighted by Gasteiger charge is -2.16. The summed E-state index contributed by atoms with van der Waals surface area (Å²) in [4.78, 5) is 16.8. The van der Waals surface area contributed by atoms with Crippen LogP contribution in [0.15, 0.2) is 73.1 Å². The zero-order chi connectivity index (χ0) is 28.2. The van der Waals surface area contributed by atoms with Crippen molar-refractivity contribution in [2.24, 2.45) is 0 Å². The molecule has 0 spiro atoms. The molecule has 3 aromatic carbocycles. The molecule has 2 amide bonds. The number of amides is 2. The van der Waals surface area contributed by atoms with Crippen molar-refractivity contribution in [3.63, 3.8) is 0 Å². The molecule has 8 nitrogen and oxygen atoms in total. The molecule has 202 valence electrons. The van der Waals surface area contributed by atoms with Gasteiger partial charge in [-0.15, -0.1) is 18.3 Å². The van der Waals surface area contributed by atoms with Crippen LogP contribution in [0.4, 0.5) is 29.3 Å². The fraction of sp³-hybridized carbons (Fsp3) is 0.185. The number of hydrogen-bond donors (Lipinski definition) is 3. The third-order valence-electron chi connectivity index (χ3n) is 5.62. The fourth-order valence-electron chi connectivity index (χ4n) is 3.79. The molecule has 39 heavy (non-hydrogen) atoms. The first kappa shape index (κ1) is 27.6. The first-order chi connectivity index (χ1) is 18.5. The van der Waals surface area contributed by atoms with Gasteiger partial charge in [0.1, 0.15) is 12.1 Å². The van der Waals surface area contributed by atoms with Crippen molar-refractivity contribution in [1.29, 1.82) is 0 Å². The number of nitrogens with zero attached hydrogens (tertiary/aromatic N) is 3. The summed E-state index contributed by atoms with van der Waals surface area (Å²) >= 11 is 5.31. The average Bonchev–Trinajstić information content (AvgIpc) is 3.35. The van der Waals surface area contributed by atoms with Crippen LogP contribution in [0.3, 0.4) is 0 Å². The second kappa shape index (κ2) is 11.5. The smallest absolute Gasteiger partial charge is 0.406 e. The van der Waals surface area contributed by atoms with E-state index >= 15 is 0 Å². The highest BCUT2D eigenvalue weighted by atomic mass is 32.1. The maximum Gasteiger partial charge on any atom is 0.573 e. The Labute approximate surface area is 228 Å². The number of aromatic nitrogens is 3. The number of anilines is 2. The largest absolute Gasteiger partial charge is 0.573 e. The van der Waals surface area contributed by atoms with E-state index in [4.69, 9.17) is 12.2 Å². The van der Waals surface area contributed by atoms with Crippen LogP contribution in [0.25, 0.3) is 17.1 Å². The Morgan fingerprint density at radius 3 is 2.38 bits per heavy atom. The van der Waals surface area contributed by atoms with Crippen LogP contribution in [0.1, 0.15) is 30.9 Å². The summed E-state index contributed by atoms with van der Waals surface area (Å²) in [6.07, 6.45) is -3.31. The van der Waals surface area contributed by atoms with Crippen LogP contribution in [-0.2, 0) is 0 Å². The normalized spacial score (nSPS) is 11.3.